The number of ketones is 1. The molecule has 0 aliphatic carbocycles. The van der Waals surface area contributed by atoms with Crippen molar-refractivity contribution >= 4 is 5.78 Å². The van der Waals surface area contributed by atoms with Crippen molar-refractivity contribution in [2.24, 2.45) is 0 Å². The molecule has 0 saturated heterocycles. The number of carbonyl (C=O) groups is 1. The quantitative estimate of drug-likeness (QED) is 0.777. The molecule has 2 rings (SSSR count). The lowest BCUT2D eigenvalue weighted by molar-refractivity contribution is 0.0920. The number of hydrogen-bond acceptors (Lipinski definition) is 2. The van der Waals surface area contributed by atoms with Crippen LogP contribution in [0.4, 0.5) is 0 Å². The predicted molar refractivity (Wildman–Crippen MR) is 81.7 cm³/mol. The van der Waals surface area contributed by atoms with Gasteiger partial charge in [-0.25, -0.2) is 0 Å². The SMILES string of the molecule is Cc1ccc(OCC(=O)c2c(C)cc(C)cc2C)cc1. The topological polar surface area (TPSA) is 26.3 Å². The summed E-state index contributed by atoms with van der Waals surface area (Å²) in [5.41, 5.74) is 5.16. The lowest BCUT2D eigenvalue weighted by Crippen LogP contribution is -2.14. The molecule has 20 heavy (non-hydrogen) atoms. The summed E-state index contributed by atoms with van der Waals surface area (Å²) in [5.74, 6) is 0.756. The van der Waals surface area contributed by atoms with Gasteiger partial charge in [-0.3, -0.25) is 4.79 Å². The van der Waals surface area contributed by atoms with E-state index in [-0.39, 0.29) is 12.4 Å². The second kappa shape index (κ2) is 5.91. The molecule has 2 aromatic carbocycles. The summed E-state index contributed by atoms with van der Waals surface area (Å²) in [7, 11) is 0. The first-order valence-corrected chi connectivity index (χ1v) is 6.78. The van der Waals surface area contributed by atoms with Crippen LogP contribution in [0.25, 0.3) is 0 Å². The molecule has 0 saturated carbocycles. The van der Waals surface area contributed by atoms with Gasteiger partial charge in [0.25, 0.3) is 0 Å². The van der Waals surface area contributed by atoms with Crippen LogP contribution < -0.4 is 4.74 Å². The number of Topliss-reactive ketones (excluding diaryl/α,β-unsaturated/α-hetero) is 1. The van der Waals surface area contributed by atoms with Crippen LogP contribution in [0.5, 0.6) is 5.75 Å². The summed E-state index contributed by atoms with van der Waals surface area (Å²) >= 11 is 0. The van der Waals surface area contributed by atoms with E-state index in [0.717, 1.165) is 22.4 Å². The lowest BCUT2D eigenvalue weighted by Gasteiger charge is -2.11. The van der Waals surface area contributed by atoms with Crippen LogP contribution in [0.3, 0.4) is 0 Å². The van der Waals surface area contributed by atoms with Crippen LogP contribution in [-0.2, 0) is 0 Å². The van der Waals surface area contributed by atoms with Gasteiger partial charge >= 0.3 is 0 Å². The standard InChI is InChI=1S/C18H20O2/c1-12-5-7-16(8-6-12)20-11-17(19)18-14(3)9-13(2)10-15(18)4/h5-10H,11H2,1-4H3. The Hall–Kier alpha value is -2.09. The summed E-state index contributed by atoms with van der Waals surface area (Å²) in [6.07, 6.45) is 0. The zero-order valence-electron chi connectivity index (χ0n) is 12.5. The van der Waals surface area contributed by atoms with Crippen LogP contribution in [0.1, 0.15) is 32.6 Å². The number of carbonyl (C=O) groups excluding carboxylic acids is 1. The minimum atomic E-state index is 0.0283. The van der Waals surface area contributed by atoms with Gasteiger partial charge in [0.05, 0.1) is 0 Å². The highest BCUT2D eigenvalue weighted by molar-refractivity contribution is 6.00. The number of ether oxygens (including phenoxy) is 1. The van der Waals surface area contributed by atoms with Crippen molar-refractivity contribution in [3.63, 3.8) is 0 Å². The minimum Gasteiger partial charge on any atom is -0.485 e. The van der Waals surface area contributed by atoms with Crippen molar-refractivity contribution in [1.29, 1.82) is 0 Å². The molecule has 2 heteroatoms. The van der Waals surface area contributed by atoms with Crippen LogP contribution in [-0.4, -0.2) is 12.4 Å². The summed E-state index contributed by atoms with van der Waals surface area (Å²) in [6, 6.07) is 11.8. The third kappa shape index (κ3) is 3.27. The van der Waals surface area contributed by atoms with Gasteiger partial charge in [0.15, 0.2) is 6.61 Å². The Morgan fingerprint density at radius 1 is 0.900 bits per heavy atom. The first-order chi connectivity index (χ1) is 9.47. The molecule has 0 fully saturated rings. The zero-order chi connectivity index (χ0) is 14.7. The van der Waals surface area contributed by atoms with E-state index < -0.39 is 0 Å². The molecule has 0 bridgehead atoms. The van der Waals surface area contributed by atoms with E-state index in [9.17, 15) is 4.79 Å². The maximum atomic E-state index is 12.3. The third-order valence-corrected chi connectivity index (χ3v) is 3.35. The van der Waals surface area contributed by atoms with Gasteiger partial charge in [0.1, 0.15) is 5.75 Å². The average Bonchev–Trinajstić information content (AvgIpc) is 2.37. The Labute approximate surface area is 120 Å². The highest BCUT2D eigenvalue weighted by atomic mass is 16.5. The Balaban J connectivity index is 2.11. The van der Waals surface area contributed by atoms with Crippen molar-refractivity contribution in [3.05, 3.63) is 64.2 Å². The molecule has 0 aromatic heterocycles. The fraction of sp³-hybridized carbons (Fsp3) is 0.278. The molecule has 0 unspecified atom stereocenters. The molecule has 0 heterocycles. The van der Waals surface area contributed by atoms with E-state index in [2.05, 4.69) is 0 Å². The number of aryl methyl sites for hydroxylation is 4. The minimum absolute atomic E-state index is 0.0283. The van der Waals surface area contributed by atoms with Crippen LogP contribution in [0.2, 0.25) is 0 Å². The monoisotopic (exact) mass is 268 g/mol. The van der Waals surface area contributed by atoms with Gasteiger partial charge in [-0.1, -0.05) is 35.4 Å². The molecule has 0 amide bonds. The smallest absolute Gasteiger partial charge is 0.200 e. The molecular weight excluding hydrogens is 248 g/mol. The van der Waals surface area contributed by atoms with Gasteiger partial charge in [0.2, 0.25) is 5.78 Å². The van der Waals surface area contributed by atoms with Gasteiger partial charge in [-0.05, 0) is 51.0 Å². The van der Waals surface area contributed by atoms with Crippen LogP contribution >= 0.6 is 0 Å². The summed E-state index contributed by atoms with van der Waals surface area (Å²) in [6.45, 7) is 8.08. The molecule has 0 N–H and O–H groups in total. The predicted octanol–water partition coefficient (Wildman–Crippen LogP) is 4.18. The summed E-state index contributed by atoms with van der Waals surface area (Å²) < 4.78 is 5.57. The zero-order valence-corrected chi connectivity index (χ0v) is 12.5. The normalized spacial score (nSPS) is 10.4. The molecule has 104 valence electrons. The van der Waals surface area contributed by atoms with Crippen molar-refractivity contribution in [3.8, 4) is 5.75 Å². The number of benzene rings is 2. The summed E-state index contributed by atoms with van der Waals surface area (Å²) in [4.78, 5) is 12.3. The van der Waals surface area contributed by atoms with Gasteiger partial charge in [0, 0.05) is 5.56 Å². The fourth-order valence-electron chi connectivity index (χ4n) is 2.48. The Kier molecular flexibility index (Phi) is 4.23. The van der Waals surface area contributed by atoms with E-state index in [1.54, 1.807) is 0 Å². The van der Waals surface area contributed by atoms with Crippen LogP contribution in [0, 0.1) is 27.7 Å². The first kappa shape index (κ1) is 14.3. The molecular formula is C18H20O2. The number of rotatable bonds is 4. The van der Waals surface area contributed by atoms with Gasteiger partial charge < -0.3 is 4.74 Å². The van der Waals surface area contributed by atoms with E-state index in [0.29, 0.717) is 0 Å². The highest BCUT2D eigenvalue weighted by Crippen LogP contribution is 2.18. The van der Waals surface area contributed by atoms with Crippen molar-refractivity contribution < 1.29 is 9.53 Å². The second-order valence-corrected chi connectivity index (χ2v) is 5.30. The highest BCUT2D eigenvalue weighted by Gasteiger charge is 2.13. The number of hydrogen-bond donors (Lipinski definition) is 0. The molecule has 0 atom stereocenters. The fourth-order valence-corrected chi connectivity index (χ4v) is 2.48. The van der Waals surface area contributed by atoms with Crippen molar-refractivity contribution in [2.75, 3.05) is 6.61 Å². The maximum Gasteiger partial charge on any atom is 0.200 e. The Morgan fingerprint density at radius 3 is 2.00 bits per heavy atom. The average molecular weight is 268 g/mol. The lowest BCUT2D eigenvalue weighted by atomic mass is 9.97. The third-order valence-electron chi connectivity index (χ3n) is 3.35. The van der Waals surface area contributed by atoms with Gasteiger partial charge in [-0.2, -0.15) is 0 Å². The second-order valence-electron chi connectivity index (χ2n) is 5.30. The van der Waals surface area contributed by atoms with Crippen LogP contribution in [0.15, 0.2) is 36.4 Å². The van der Waals surface area contributed by atoms with Gasteiger partial charge in [-0.15, -0.1) is 0 Å². The first-order valence-electron chi connectivity index (χ1n) is 6.78. The Morgan fingerprint density at radius 2 is 1.45 bits per heavy atom. The molecule has 0 spiro atoms. The Bertz CT molecular complexity index is 601. The van der Waals surface area contributed by atoms with E-state index in [4.69, 9.17) is 4.74 Å². The summed E-state index contributed by atoms with van der Waals surface area (Å²) in [5, 5.41) is 0. The van der Waals surface area contributed by atoms with E-state index >= 15 is 0 Å². The van der Waals surface area contributed by atoms with Crippen molar-refractivity contribution in [1.82, 2.24) is 0 Å². The molecule has 2 aromatic rings. The van der Waals surface area contributed by atoms with E-state index in [1.807, 2.05) is 64.1 Å². The largest absolute Gasteiger partial charge is 0.485 e. The molecule has 0 aliphatic heterocycles. The molecule has 2 nitrogen and oxygen atoms in total. The molecule has 0 radical (unpaired) electrons. The van der Waals surface area contributed by atoms with E-state index in [1.165, 1.54) is 11.1 Å². The van der Waals surface area contributed by atoms with Crippen molar-refractivity contribution in [2.45, 2.75) is 27.7 Å². The maximum absolute atomic E-state index is 12.3. The molecule has 0 aliphatic rings.